The molecule has 0 aliphatic heterocycles. The summed E-state index contributed by atoms with van der Waals surface area (Å²) in [6.45, 7) is 1.97. The molecule has 0 aliphatic carbocycles. The standard InChI is InChI=1S/C14H12N8/c1-8-12-11(18-17-8)6-7-15-14(12)16-10-4-2-9(3-5-10)13-19-21-22-20-13/h2-7H,1H3,(H,15,16)(H,17,18)(H,19,20,21,22). The van der Waals surface area contributed by atoms with Crippen LogP contribution >= 0.6 is 0 Å². The first-order chi connectivity index (χ1) is 10.8. The molecule has 108 valence electrons. The van der Waals surface area contributed by atoms with Gasteiger partial charge in [0.05, 0.1) is 10.9 Å². The van der Waals surface area contributed by atoms with Crippen LogP contribution in [0, 0.1) is 6.92 Å². The van der Waals surface area contributed by atoms with Crippen LogP contribution in [0.15, 0.2) is 36.5 Å². The molecule has 4 aromatic rings. The molecule has 22 heavy (non-hydrogen) atoms. The Labute approximate surface area is 125 Å². The molecular weight excluding hydrogens is 280 g/mol. The number of hydrogen-bond donors (Lipinski definition) is 3. The van der Waals surface area contributed by atoms with Gasteiger partial charge in [0.2, 0.25) is 5.82 Å². The zero-order valence-corrected chi connectivity index (χ0v) is 11.7. The van der Waals surface area contributed by atoms with Crippen molar-refractivity contribution in [1.82, 2.24) is 35.8 Å². The summed E-state index contributed by atoms with van der Waals surface area (Å²) in [5.74, 6) is 1.34. The maximum absolute atomic E-state index is 4.40. The molecule has 8 nitrogen and oxygen atoms in total. The van der Waals surface area contributed by atoms with Gasteiger partial charge >= 0.3 is 0 Å². The Morgan fingerprint density at radius 1 is 1.05 bits per heavy atom. The predicted molar refractivity (Wildman–Crippen MR) is 81.5 cm³/mol. The minimum atomic E-state index is 0.567. The minimum absolute atomic E-state index is 0.567. The number of hydrogen-bond acceptors (Lipinski definition) is 6. The molecule has 3 aromatic heterocycles. The molecule has 1 aromatic carbocycles. The molecule has 0 saturated carbocycles. The first-order valence-corrected chi connectivity index (χ1v) is 6.72. The van der Waals surface area contributed by atoms with Crippen LogP contribution in [-0.2, 0) is 0 Å². The Bertz CT molecular complexity index is 908. The van der Waals surface area contributed by atoms with E-state index in [-0.39, 0.29) is 0 Å². The third kappa shape index (κ3) is 2.06. The van der Waals surface area contributed by atoms with Crippen molar-refractivity contribution in [3.8, 4) is 11.4 Å². The number of fused-ring (bicyclic) bond motifs is 1. The molecule has 0 saturated heterocycles. The molecule has 3 heterocycles. The number of aryl methyl sites for hydroxylation is 1. The van der Waals surface area contributed by atoms with Crippen LogP contribution < -0.4 is 5.32 Å². The van der Waals surface area contributed by atoms with Crippen molar-refractivity contribution in [1.29, 1.82) is 0 Å². The van der Waals surface area contributed by atoms with Gasteiger partial charge in [-0.15, -0.1) is 10.2 Å². The summed E-state index contributed by atoms with van der Waals surface area (Å²) in [4.78, 5) is 4.40. The fraction of sp³-hybridized carbons (Fsp3) is 0.0714. The fourth-order valence-electron chi connectivity index (χ4n) is 2.33. The third-order valence-corrected chi connectivity index (χ3v) is 3.40. The Kier molecular flexibility index (Phi) is 2.78. The number of tetrazole rings is 1. The van der Waals surface area contributed by atoms with E-state index in [0.29, 0.717) is 5.82 Å². The largest absolute Gasteiger partial charge is 0.340 e. The molecule has 0 bridgehead atoms. The number of rotatable bonds is 3. The van der Waals surface area contributed by atoms with E-state index in [2.05, 4.69) is 41.1 Å². The van der Waals surface area contributed by atoms with Crippen LogP contribution in [0.2, 0.25) is 0 Å². The highest BCUT2D eigenvalue weighted by Crippen LogP contribution is 2.26. The SMILES string of the molecule is Cc1[nH]nc2ccnc(Nc3ccc(-c4nn[nH]n4)cc3)c12. The quantitative estimate of drug-likeness (QED) is 0.534. The van der Waals surface area contributed by atoms with Gasteiger partial charge in [0.25, 0.3) is 0 Å². The molecule has 3 N–H and O–H groups in total. The van der Waals surface area contributed by atoms with E-state index in [9.17, 15) is 0 Å². The van der Waals surface area contributed by atoms with Crippen LogP contribution in [0.5, 0.6) is 0 Å². The highest BCUT2D eigenvalue weighted by Gasteiger charge is 2.09. The van der Waals surface area contributed by atoms with E-state index in [0.717, 1.165) is 33.7 Å². The van der Waals surface area contributed by atoms with Crippen molar-refractivity contribution in [3.05, 3.63) is 42.2 Å². The van der Waals surface area contributed by atoms with Gasteiger partial charge in [-0.2, -0.15) is 10.3 Å². The Hall–Kier alpha value is -3.29. The Morgan fingerprint density at radius 3 is 2.68 bits per heavy atom. The van der Waals surface area contributed by atoms with Crippen molar-refractivity contribution in [2.75, 3.05) is 5.32 Å². The second-order valence-electron chi connectivity index (χ2n) is 4.84. The van der Waals surface area contributed by atoms with Gasteiger partial charge < -0.3 is 5.32 Å². The lowest BCUT2D eigenvalue weighted by molar-refractivity contribution is 0.881. The van der Waals surface area contributed by atoms with Crippen molar-refractivity contribution < 1.29 is 0 Å². The van der Waals surface area contributed by atoms with Crippen molar-refractivity contribution in [2.45, 2.75) is 6.92 Å². The fourth-order valence-corrected chi connectivity index (χ4v) is 2.33. The van der Waals surface area contributed by atoms with Gasteiger partial charge in [-0.1, -0.05) is 0 Å². The summed E-state index contributed by atoms with van der Waals surface area (Å²) < 4.78 is 0. The average Bonchev–Trinajstić information content (AvgIpc) is 3.19. The molecule has 0 aliphatic rings. The summed E-state index contributed by atoms with van der Waals surface area (Å²) in [5.41, 5.74) is 3.69. The van der Waals surface area contributed by atoms with Gasteiger partial charge in [0.1, 0.15) is 5.82 Å². The van der Waals surface area contributed by atoms with E-state index in [4.69, 9.17) is 0 Å². The van der Waals surface area contributed by atoms with Crippen molar-refractivity contribution in [3.63, 3.8) is 0 Å². The number of nitrogens with zero attached hydrogens (tertiary/aromatic N) is 5. The zero-order valence-electron chi connectivity index (χ0n) is 11.7. The normalized spacial score (nSPS) is 11.0. The summed E-state index contributed by atoms with van der Waals surface area (Å²) in [7, 11) is 0. The van der Waals surface area contributed by atoms with Crippen LogP contribution in [0.25, 0.3) is 22.3 Å². The lowest BCUT2D eigenvalue weighted by atomic mass is 10.2. The summed E-state index contributed by atoms with van der Waals surface area (Å²) in [5, 5.41) is 25.4. The van der Waals surface area contributed by atoms with Crippen LogP contribution in [0.4, 0.5) is 11.5 Å². The Balaban J connectivity index is 1.67. The molecule has 0 amide bonds. The van der Waals surface area contributed by atoms with Crippen molar-refractivity contribution in [2.24, 2.45) is 0 Å². The van der Waals surface area contributed by atoms with E-state index in [1.165, 1.54) is 0 Å². The molecular formula is C14H12N8. The monoisotopic (exact) mass is 292 g/mol. The number of pyridine rings is 1. The molecule has 0 atom stereocenters. The number of aromatic nitrogens is 7. The molecule has 8 heteroatoms. The third-order valence-electron chi connectivity index (χ3n) is 3.40. The van der Waals surface area contributed by atoms with Crippen LogP contribution in [-0.4, -0.2) is 35.8 Å². The number of nitrogens with one attached hydrogen (secondary N) is 3. The minimum Gasteiger partial charge on any atom is -0.340 e. The zero-order chi connectivity index (χ0) is 14.9. The topological polar surface area (TPSA) is 108 Å². The van der Waals surface area contributed by atoms with E-state index in [1.54, 1.807) is 6.20 Å². The molecule has 0 spiro atoms. The summed E-state index contributed by atoms with van der Waals surface area (Å²) >= 11 is 0. The van der Waals surface area contributed by atoms with E-state index < -0.39 is 0 Å². The summed E-state index contributed by atoms with van der Waals surface area (Å²) in [6.07, 6.45) is 1.73. The number of aromatic amines is 2. The highest BCUT2D eigenvalue weighted by atomic mass is 15.5. The molecule has 0 fully saturated rings. The highest BCUT2D eigenvalue weighted by molar-refractivity contribution is 5.92. The van der Waals surface area contributed by atoms with Gasteiger partial charge in [-0.3, -0.25) is 5.10 Å². The van der Waals surface area contributed by atoms with Gasteiger partial charge in [0.15, 0.2) is 0 Å². The Morgan fingerprint density at radius 2 is 1.91 bits per heavy atom. The molecule has 0 radical (unpaired) electrons. The van der Waals surface area contributed by atoms with Gasteiger partial charge in [0, 0.05) is 23.1 Å². The first-order valence-electron chi connectivity index (χ1n) is 6.72. The van der Waals surface area contributed by atoms with Crippen molar-refractivity contribution >= 4 is 22.4 Å². The van der Waals surface area contributed by atoms with Gasteiger partial charge in [-0.25, -0.2) is 4.98 Å². The molecule has 4 rings (SSSR count). The second-order valence-corrected chi connectivity index (χ2v) is 4.84. The maximum atomic E-state index is 4.40. The smallest absolute Gasteiger partial charge is 0.204 e. The first kappa shape index (κ1) is 12.5. The number of benzene rings is 1. The number of H-pyrrole nitrogens is 2. The number of anilines is 2. The van der Waals surface area contributed by atoms with Gasteiger partial charge in [-0.05, 0) is 42.5 Å². The van der Waals surface area contributed by atoms with E-state index >= 15 is 0 Å². The average molecular weight is 292 g/mol. The second kappa shape index (κ2) is 4.92. The lowest BCUT2D eigenvalue weighted by Gasteiger charge is -2.07. The maximum Gasteiger partial charge on any atom is 0.204 e. The van der Waals surface area contributed by atoms with E-state index in [1.807, 2.05) is 37.3 Å². The summed E-state index contributed by atoms with van der Waals surface area (Å²) in [6, 6.07) is 9.62. The lowest BCUT2D eigenvalue weighted by Crippen LogP contribution is -1.94. The van der Waals surface area contributed by atoms with Crippen LogP contribution in [0.1, 0.15) is 5.69 Å². The van der Waals surface area contributed by atoms with Crippen LogP contribution in [0.3, 0.4) is 0 Å². The predicted octanol–water partition coefficient (Wildman–Crippen LogP) is 2.19. The molecule has 0 unspecified atom stereocenters.